The zero-order valence-electron chi connectivity index (χ0n) is 10.4. The molecule has 1 atom stereocenters. The molecular weight excluding hydrogens is 242 g/mol. The summed E-state index contributed by atoms with van der Waals surface area (Å²) in [5.41, 5.74) is 7.13. The van der Waals surface area contributed by atoms with Gasteiger partial charge in [0, 0.05) is 16.7 Å². The van der Waals surface area contributed by atoms with Crippen LogP contribution in [0.3, 0.4) is 0 Å². The van der Waals surface area contributed by atoms with Crippen molar-refractivity contribution in [3.05, 3.63) is 60.2 Å². The van der Waals surface area contributed by atoms with Gasteiger partial charge in [0.05, 0.1) is 7.11 Å². The summed E-state index contributed by atoms with van der Waals surface area (Å²) in [5, 5.41) is 0.276. The molecule has 18 heavy (non-hydrogen) atoms. The molecule has 0 saturated heterocycles. The normalized spacial score (nSPS) is 12.1. The smallest absolute Gasteiger partial charge is 0.119 e. The van der Waals surface area contributed by atoms with Gasteiger partial charge < -0.3 is 10.5 Å². The Bertz CT molecular complexity index is 487. The van der Waals surface area contributed by atoms with Gasteiger partial charge in [0.1, 0.15) is 5.75 Å². The van der Waals surface area contributed by atoms with Crippen LogP contribution in [0.25, 0.3) is 0 Å². The molecule has 0 aliphatic heterocycles. The average Bonchev–Trinajstić information content (AvgIpc) is 2.46. The van der Waals surface area contributed by atoms with Crippen molar-refractivity contribution < 1.29 is 4.74 Å². The maximum absolute atomic E-state index is 5.87. The molecule has 2 nitrogen and oxygen atoms in total. The topological polar surface area (TPSA) is 35.2 Å². The Balaban J connectivity index is 2.15. The van der Waals surface area contributed by atoms with Crippen LogP contribution in [0.5, 0.6) is 5.75 Å². The Morgan fingerprint density at radius 3 is 2.56 bits per heavy atom. The van der Waals surface area contributed by atoms with Crippen LogP contribution >= 0.6 is 11.8 Å². The molecule has 0 heterocycles. The molecule has 2 aromatic rings. The van der Waals surface area contributed by atoms with Crippen LogP contribution in [0, 0.1) is 0 Å². The second-order valence-corrected chi connectivity index (χ2v) is 5.21. The first-order valence-corrected chi connectivity index (χ1v) is 6.77. The largest absolute Gasteiger partial charge is 0.497 e. The molecule has 0 saturated carbocycles. The highest BCUT2D eigenvalue weighted by Crippen LogP contribution is 2.35. The summed E-state index contributed by atoms with van der Waals surface area (Å²) < 4.78 is 5.23. The van der Waals surface area contributed by atoms with E-state index in [1.165, 1.54) is 10.5 Å². The first-order valence-electron chi connectivity index (χ1n) is 5.89. The third kappa shape index (κ3) is 3.28. The van der Waals surface area contributed by atoms with Gasteiger partial charge in [0.15, 0.2) is 0 Å². The minimum absolute atomic E-state index is 0.276. The van der Waals surface area contributed by atoms with E-state index in [0.29, 0.717) is 6.54 Å². The minimum Gasteiger partial charge on any atom is -0.497 e. The maximum atomic E-state index is 5.87. The van der Waals surface area contributed by atoms with Crippen LogP contribution in [0.1, 0.15) is 10.8 Å². The van der Waals surface area contributed by atoms with Crippen LogP contribution in [0.2, 0.25) is 0 Å². The number of thioether (sulfide) groups is 1. The number of rotatable bonds is 5. The van der Waals surface area contributed by atoms with Crippen molar-refractivity contribution in [2.24, 2.45) is 5.73 Å². The van der Waals surface area contributed by atoms with Crippen molar-refractivity contribution in [2.45, 2.75) is 10.1 Å². The molecule has 2 rings (SSSR count). The average molecular weight is 259 g/mol. The summed E-state index contributed by atoms with van der Waals surface area (Å²) in [4.78, 5) is 1.17. The van der Waals surface area contributed by atoms with Crippen molar-refractivity contribution in [2.75, 3.05) is 13.7 Å². The molecule has 94 valence electrons. The number of ether oxygens (including phenoxy) is 1. The molecule has 0 aliphatic rings. The Labute approximate surface area is 112 Å². The van der Waals surface area contributed by atoms with Crippen LogP contribution < -0.4 is 10.5 Å². The fourth-order valence-electron chi connectivity index (χ4n) is 1.76. The predicted octanol–water partition coefficient (Wildman–Crippen LogP) is 3.49. The fourth-order valence-corrected chi connectivity index (χ4v) is 2.82. The zero-order valence-corrected chi connectivity index (χ0v) is 11.2. The second kappa shape index (κ2) is 6.47. The molecule has 0 bridgehead atoms. The quantitative estimate of drug-likeness (QED) is 0.835. The maximum Gasteiger partial charge on any atom is 0.119 e. The molecule has 1 unspecified atom stereocenters. The molecular formula is C15H17NOS. The second-order valence-electron chi connectivity index (χ2n) is 3.93. The molecule has 0 aromatic heterocycles. The van der Waals surface area contributed by atoms with Crippen molar-refractivity contribution >= 4 is 11.8 Å². The van der Waals surface area contributed by atoms with E-state index in [0.717, 1.165) is 5.75 Å². The van der Waals surface area contributed by atoms with Gasteiger partial charge in [-0.15, -0.1) is 11.8 Å². The molecule has 0 amide bonds. The summed E-state index contributed by atoms with van der Waals surface area (Å²) in [5.74, 6) is 0.879. The summed E-state index contributed by atoms with van der Waals surface area (Å²) >= 11 is 1.77. The standard InChI is InChI=1S/C15H17NOS/c1-17-13-8-5-9-14(10-13)18-15(11-16)12-6-3-2-4-7-12/h2-10,15H,11,16H2,1H3. The van der Waals surface area contributed by atoms with Gasteiger partial charge in [-0.05, 0) is 23.8 Å². The molecule has 2 N–H and O–H groups in total. The van der Waals surface area contributed by atoms with E-state index in [4.69, 9.17) is 10.5 Å². The van der Waals surface area contributed by atoms with E-state index in [1.807, 2.05) is 36.4 Å². The van der Waals surface area contributed by atoms with Gasteiger partial charge in [-0.3, -0.25) is 0 Å². The van der Waals surface area contributed by atoms with E-state index in [2.05, 4.69) is 18.2 Å². The van der Waals surface area contributed by atoms with Gasteiger partial charge >= 0.3 is 0 Å². The Morgan fingerprint density at radius 1 is 1.11 bits per heavy atom. The van der Waals surface area contributed by atoms with Gasteiger partial charge in [-0.1, -0.05) is 36.4 Å². The van der Waals surface area contributed by atoms with E-state index in [1.54, 1.807) is 18.9 Å². The Morgan fingerprint density at radius 2 is 1.89 bits per heavy atom. The van der Waals surface area contributed by atoms with E-state index in [9.17, 15) is 0 Å². The Kier molecular flexibility index (Phi) is 4.67. The fraction of sp³-hybridized carbons (Fsp3) is 0.200. The molecule has 0 spiro atoms. The molecule has 0 aliphatic carbocycles. The summed E-state index contributed by atoms with van der Waals surface area (Å²) in [7, 11) is 1.68. The number of nitrogens with two attached hydrogens (primary N) is 1. The highest BCUT2D eigenvalue weighted by molar-refractivity contribution is 7.99. The van der Waals surface area contributed by atoms with Crippen molar-refractivity contribution in [1.29, 1.82) is 0 Å². The van der Waals surface area contributed by atoms with E-state index in [-0.39, 0.29) is 5.25 Å². The molecule has 0 radical (unpaired) electrons. The lowest BCUT2D eigenvalue weighted by Crippen LogP contribution is -2.09. The first kappa shape index (κ1) is 13.0. The number of methoxy groups -OCH3 is 1. The first-order chi connectivity index (χ1) is 8.83. The minimum atomic E-state index is 0.276. The third-order valence-corrected chi connectivity index (χ3v) is 3.98. The molecule has 3 heteroatoms. The van der Waals surface area contributed by atoms with Crippen LogP contribution in [-0.4, -0.2) is 13.7 Å². The van der Waals surface area contributed by atoms with Crippen molar-refractivity contribution in [3.63, 3.8) is 0 Å². The monoisotopic (exact) mass is 259 g/mol. The van der Waals surface area contributed by atoms with Crippen LogP contribution in [0.4, 0.5) is 0 Å². The molecule has 0 fully saturated rings. The van der Waals surface area contributed by atoms with Crippen molar-refractivity contribution in [3.8, 4) is 5.75 Å². The van der Waals surface area contributed by atoms with Crippen molar-refractivity contribution in [1.82, 2.24) is 0 Å². The van der Waals surface area contributed by atoms with Gasteiger partial charge in [-0.2, -0.15) is 0 Å². The third-order valence-electron chi connectivity index (χ3n) is 2.70. The highest BCUT2D eigenvalue weighted by Gasteiger charge is 2.11. The van der Waals surface area contributed by atoms with Crippen LogP contribution in [-0.2, 0) is 0 Å². The molecule has 2 aromatic carbocycles. The SMILES string of the molecule is COc1cccc(SC(CN)c2ccccc2)c1. The lowest BCUT2D eigenvalue weighted by Gasteiger charge is -2.15. The van der Waals surface area contributed by atoms with E-state index >= 15 is 0 Å². The van der Waals surface area contributed by atoms with Crippen LogP contribution in [0.15, 0.2) is 59.5 Å². The summed E-state index contributed by atoms with van der Waals surface area (Å²) in [6.07, 6.45) is 0. The summed E-state index contributed by atoms with van der Waals surface area (Å²) in [6.45, 7) is 0.617. The Hall–Kier alpha value is -1.45. The van der Waals surface area contributed by atoms with Gasteiger partial charge in [0.2, 0.25) is 0 Å². The number of hydrogen-bond acceptors (Lipinski definition) is 3. The highest BCUT2D eigenvalue weighted by atomic mass is 32.2. The predicted molar refractivity (Wildman–Crippen MR) is 77.1 cm³/mol. The lowest BCUT2D eigenvalue weighted by molar-refractivity contribution is 0.413. The summed E-state index contributed by atoms with van der Waals surface area (Å²) in [6, 6.07) is 18.4. The van der Waals surface area contributed by atoms with E-state index < -0.39 is 0 Å². The zero-order chi connectivity index (χ0) is 12.8. The number of benzene rings is 2. The number of hydrogen-bond donors (Lipinski definition) is 1. The van der Waals surface area contributed by atoms with Gasteiger partial charge in [0.25, 0.3) is 0 Å². The lowest BCUT2D eigenvalue weighted by atomic mass is 10.1. The van der Waals surface area contributed by atoms with Gasteiger partial charge in [-0.25, -0.2) is 0 Å².